The van der Waals surface area contributed by atoms with E-state index in [4.69, 9.17) is 10.5 Å². The van der Waals surface area contributed by atoms with Crippen LogP contribution >= 0.6 is 0 Å². The smallest absolute Gasteiger partial charge is 0.302 e. The van der Waals surface area contributed by atoms with Gasteiger partial charge in [0, 0.05) is 38.8 Å². The fraction of sp³-hybridized carbons (Fsp3) is 0.500. The van der Waals surface area contributed by atoms with Gasteiger partial charge >= 0.3 is 5.97 Å². The number of piperazine rings is 1. The lowest BCUT2D eigenvalue weighted by atomic mass is 10.2. The lowest BCUT2D eigenvalue weighted by Crippen LogP contribution is -2.58. The Morgan fingerprint density at radius 1 is 1.37 bits per heavy atom. The zero-order valence-corrected chi connectivity index (χ0v) is 11.3. The molecule has 2 rings (SSSR count). The van der Waals surface area contributed by atoms with Gasteiger partial charge in [0.05, 0.1) is 6.17 Å². The van der Waals surface area contributed by atoms with Crippen LogP contribution in [0, 0.1) is 0 Å². The summed E-state index contributed by atoms with van der Waals surface area (Å²) in [6.07, 6.45) is -0.0236. The summed E-state index contributed by atoms with van der Waals surface area (Å²) in [6.45, 7) is 5.16. The van der Waals surface area contributed by atoms with Crippen molar-refractivity contribution in [3.63, 3.8) is 0 Å². The third-order valence-electron chi connectivity index (χ3n) is 3.34. The maximum Gasteiger partial charge on any atom is 0.302 e. The first kappa shape index (κ1) is 13.8. The molecule has 104 valence electrons. The number of nitrogens with two attached hydrogens (primary N) is 1. The highest BCUT2D eigenvalue weighted by molar-refractivity contribution is 5.65. The molecule has 5 nitrogen and oxygen atoms in total. The predicted molar refractivity (Wildman–Crippen MR) is 74.8 cm³/mol. The molecule has 0 amide bonds. The van der Waals surface area contributed by atoms with E-state index < -0.39 is 0 Å². The first-order valence-corrected chi connectivity index (χ1v) is 6.60. The summed E-state index contributed by atoms with van der Waals surface area (Å²) in [4.78, 5) is 15.2. The molecule has 1 atom stereocenters. The highest BCUT2D eigenvalue weighted by atomic mass is 16.5. The van der Waals surface area contributed by atoms with Crippen molar-refractivity contribution in [1.29, 1.82) is 0 Å². The maximum atomic E-state index is 10.7. The molecule has 1 heterocycles. The van der Waals surface area contributed by atoms with Crippen LogP contribution in [-0.2, 0) is 9.53 Å². The van der Waals surface area contributed by atoms with Crippen molar-refractivity contribution in [2.24, 2.45) is 5.73 Å². The second kappa shape index (κ2) is 6.54. The van der Waals surface area contributed by atoms with Gasteiger partial charge in [-0.05, 0) is 12.1 Å². The van der Waals surface area contributed by atoms with Gasteiger partial charge in [-0.25, -0.2) is 0 Å². The minimum absolute atomic E-state index is 0.0236. The largest absolute Gasteiger partial charge is 0.465 e. The molecule has 1 unspecified atom stereocenters. The molecule has 19 heavy (non-hydrogen) atoms. The fourth-order valence-electron chi connectivity index (χ4n) is 2.31. The molecule has 1 aliphatic heterocycles. The average molecular weight is 263 g/mol. The second-order valence-corrected chi connectivity index (χ2v) is 4.72. The van der Waals surface area contributed by atoms with E-state index in [0.717, 1.165) is 19.6 Å². The van der Waals surface area contributed by atoms with Crippen LogP contribution in [0.4, 0.5) is 5.69 Å². The predicted octanol–water partition coefficient (Wildman–Crippen LogP) is 0.656. The molecule has 0 aromatic heterocycles. The van der Waals surface area contributed by atoms with E-state index in [1.54, 1.807) is 0 Å². The third kappa shape index (κ3) is 3.94. The third-order valence-corrected chi connectivity index (χ3v) is 3.34. The van der Waals surface area contributed by atoms with Crippen molar-refractivity contribution in [1.82, 2.24) is 4.90 Å². The normalized spacial score (nSPS) is 20.3. The SMILES string of the molecule is CC(=O)OCCN1CCN(c2ccccc2)CC1N. The van der Waals surface area contributed by atoms with Crippen LogP contribution in [0.15, 0.2) is 30.3 Å². The van der Waals surface area contributed by atoms with Crippen LogP contribution < -0.4 is 10.6 Å². The number of ether oxygens (including phenoxy) is 1. The Labute approximate surface area is 113 Å². The number of hydrogen-bond donors (Lipinski definition) is 1. The number of esters is 1. The zero-order chi connectivity index (χ0) is 13.7. The Kier molecular flexibility index (Phi) is 4.76. The molecule has 1 saturated heterocycles. The van der Waals surface area contributed by atoms with Crippen molar-refractivity contribution in [2.45, 2.75) is 13.1 Å². The molecule has 0 bridgehead atoms. The second-order valence-electron chi connectivity index (χ2n) is 4.72. The van der Waals surface area contributed by atoms with Gasteiger partial charge < -0.3 is 15.4 Å². The van der Waals surface area contributed by atoms with Gasteiger partial charge in [0.15, 0.2) is 0 Å². The van der Waals surface area contributed by atoms with Gasteiger partial charge in [-0.1, -0.05) is 18.2 Å². The topological polar surface area (TPSA) is 58.8 Å². The van der Waals surface area contributed by atoms with E-state index in [1.165, 1.54) is 12.6 Å². The standard InChI is InChI=1S/C14H21N3O2/c1-12(18)19-10-9-16-7-8-17(11-14(16)15)13-5-3-2-4-6-13/h2-6,14H,7-11,15H2,1H3. The number of rotatable bonds is 4. The van der Waals surface area contributed by atoms with Crippen LogP contribution in [0.25, 0.3) is 0 Å². The van der Waals surface area contributed by atoms with Gasteiger partial charge in [-0.2, -0.15) is 0 Å². The Morgan fingerprint density at radius 3 is 2.74 bits per heavy atom. The lowest BCUT2D eigenvalue weighted by molar-refractivity contribution is -0.141. The molecule has 2 N–H and O–H groups in total. The van der Waals surface area contributed by atoms with E-state index in [2.05, 4.69) is 21.9 Å². The number of carbonyl (C=O) groups is 1. The van der Waals surface area contributed by atoms with Crippen molar-refractivity contribution in [2.75, 3.05) is 37.7 Å². The summed E-state index contributed by atoms with van der Waals surface area (Å²) < 4.78 is 4.95. The van der Waals surface area contributed by atoms with Crippen LogP contribution in [0.5, 0.6) is 0 Å². The molecule has 0 spiro atoms. The van der Waals surface area contributed by atoms with E-state index in [0.29, 0.717) is 13.2 Å². The Bertz CT molecular complexity index is 410. The minimum atomic E-state index is -0.239. The maximum absolute atomic E-state index is 10.7. The summed E-state index contributed by atoms with van der Waals surface area (Å²) in [5, 5.41) is 0. The molecule has 1 aromatic carbocycles. The van der Waals surface area contributed by atoms with Gasteiger partial charge in [0.1, 0.15) is 6.61 Å². The average Bonchev–Trinajstić information content (AvgIpc) is 2.41. The molecular formula is C14H21N3O2. The quantitative estimate of drug-likeness (QED) is 0.809. The van der Waals surface area contributed by atoms with Crippen molar-refractivity contribution < 1.29 is 9.53 Å². The van der Waals surface area contributed by atoms with Gasteiger partial charge in [0.2, 0.25) is 0 Å². The van der Waals surface area contributed by atoms with Gasteiger partial charge in [0.25, 0.3) is 0 Å². The van der Waals surface area contributed by atoms with Crippen LogP contribution in [0.1, 0.15) is 6.92 Å². The number of hydrogen-bond acceptors (Lipinski definition) is 5. The van der Waals surface area contributed by atoms with E-state index in [9.17, 15) is 4.79 Å². The molecule has 0 saturated carbocycles. The number of nitrogens with zero attached hydrogens (tertiary/aromatic N) is 2. The number of benzene rings is 1. The highest BCUT2D eigenvalue weighted by Gasteiger charge is 2.23. The number of carbonyl (C=O) groups excluding carboxylic acids is 1. The van der Waals surface area contributed by atoms with Gasteiger partial charge in [-0.15, -0.1) is 0 Å². The molecule has 1 aliphatic rings. The number of anilines is 1. The zero-order valence-electron chi connectivity index (χ0n) is 11.3. The molecule has 1 fully saturated rings. The van der Waals surface area contributed by atoms with E-state index >= 15 is 0 Å². The van der Waals surface area contributed by atoms with Crippen molar-refractivity contribution in [3.05, 3.63) is 30.3 Å². The first-order chi connectivity index (χ1) is 9.16. The van der Waals surface area contributed by atoms with Crippen LogP contribution in [0.3, 0.4) is 0 Å². The summed E-state index contributed by atoms with van der Waals surface area (Å²) in [7, 11) is 0. The van der Waals surface area contributed by atoms with Gasteiger partial charge in [-0.3, -0.25) is 9.69 Å². The van der Waals surface area contributed by atoms with Crippen LogP contribution in [-0.4, -0.2) is 49.8 Å². The molecule has 0 radical (unpaired) electrons. The Morgan fingerprint density at radius 2 is 2.11 bits per heavy atom. The minimum Gasteiger partial charge on any atom is -0.465 e. The molecule has 5 heteroatoms. The molecule has 0 aliphatic carbocycles. The summed E-state index contributed by atoms with van der Waals surface area (Å²) in [5.41, 5.74) is 7.37. The lowest BCUT2D eigenvalue weighted by Gasteiger charge is -2.40. The number of para-hydroxylation sites is 1. The Hall–Kier alpha value is -1.59. The fourth-order valence-corrected chi connectivity index (χ4v) is 2.31. The van der Waals surface area contributed by atoms with E-state index in [-0.39, 0.29) is 12.1 Å². The van der Waals surface area contributed by atoms with Crippen molar-refractivity contribution >= 4 is 11.7 Å². The molecule has 1 aromatic rings. The van der Waals surface area contributed by atoms with Crippen molar-refractivity contribution in [3.8, 4) is 0 Å². The van der Waals surface area contributed by atoms with E-state index in [1.807, 2.05) is 18.2 Å². The summed E-state index contributed by atoms with van der Waals surface area (Å²) in [6, 6.07) is 10.3. The van der Waals surface area contributed by atoms with Crippen LogP contribution in [0.2, 0.25) is 0 Å². The highest BCUT2D eigenvalue weighted by Crippen LogP contribution is 2.16. The monoisotopic (exact) mass is 263 g/mol. The Balaban J connectivity index is 1.83. The first-order valence-electron chi connectivity index (χ1n) is 6.60. The summed E-state index contributed by atoms with van der Waals surface area (Å²) in [5.74, 6) is -0.239. The summed E-state index contributed by atoms with van der Waals surface area (Å²) >= 11 is 0. The molecular weight excluding hydrogens is 242 g/mol.